The summed E-state index contributed by atoms with van der Waals surface area (Å²) in [5.41, 5.74) is 1.51. The third kappa shape index (κ3) is 5.23. The van der Waals surface area contributed by atoms with Crippen LogP contribution in [-0.4, -0.2) is 41.3 Å². The van der Waals surface area contributed by atoms with Crippen molar-refractivity contribution in [1.29, 1.82) is 0 Å². The third-order valence-corrected chi connectivity index (χ3v) is 6.29. The van der Waals surface area contributed by atoms with E-state index in [4.69, 9.17) is 0 Å². The molecule has 0 bridgehead atoms. The predicted molar refractivity (Wildman–Crippen MR) is 121 cm³/mol. The largest absolute Gasteiger partial charge is 0.343 e. The molecule has 3 aromatic rings. The van der Waals surface area contributed by atoms with E-state index in [9.17, 15) is 9.59 Å². The molecule has 6 nitrogen and oxygen atoms in total. The number of fused-ring (bicyclic) bond motifs is 1. The van der Waals surface area contributed by atoms with Gasteiger partial charge in [-0.2, -0.15) is 0 Å². The summed E-state index contributed by atoms with van der Waals surface area (Å²) in [4.78, 5) is 31.5. The van der Waals surface area contributed by atoms with E-state index in [1.807, 2.05) is 41.8 Å². The van der Waals surface area contributed by atoms with Gasteiger partial charge in [0.15, 0.2) is 5.13 Å². The third-order valence-electron chi connectivity index (χ3n) is 5.48. The van der Waals surface area contributed by atoms with E-state index in [2.05, 4.69) is 27.4 Å². The van der Waals surface area contributed by atoms with Crippen molar-refractivity contribution in [3.8, 4) is 0 Å². The number of anilines is 1. The topological polar surface area (TPSA) is 74.3 Å². The quantitative estimate of drug-likeness (QED) is 0.632. The van der Waals surface area contributed by atoms with Crippen LogP contribution in [0.3, 0.4) is 0 Å². The zero-order valence-corrected chi connectivity index (χ0v) is 17.9. The second kappa shape index (κ2) is 9.36. The monoisotopic (exact) mass is 422 g/mol. The van der Waals surface area contributed by atoms with Crippen LogP contribution in [0.4, 0.5) is 5.13 Å². The molecule has 30 heavy (non-hydrogen) atoms. The summed E-state index contributed by atoms with van der Waals surface area (Å²) < 4.78 is 0. The van der Waals surface area contributed by atoms with Gasteiger partial charge in [0, 0.05) is 17.5 Å². The number of hydrogen-bond acceptors (Lipinski definition) is 5. The van der Waals surface area contributed by atoms with Crippen molar-refractivity contribution in [3.63, 3.8) is 0 Å². The maximum Gasteiger partial charge on any atom is 0.251 e. The van der Waals surface area contributed by atoms with Gasteiger partial charge in [-0.1, -0.05) is 37.3 Å². The molecule has 7 heteroatoms. The molecular formula is C23H26N4O2S. The van der Waals surface area contributed by atoms with Gasteiger partial charge in [-0.15, -0.1) is 11.3 Å². The Morgan fingerprint density at radius 1 is 1.13 bits per heavy atom. The molecule has 1 saturated heterocycles. The summed E-state index contributed by atoms with van der Waals surface area (Å²) in [6, 6.07) is 13.4. The van der Waals surface area contributed by atoms with Crippen molar-refractivity contribution < 1.29 is 9.59 Å². The first-order chi connectivity index (χ1) is 14.6. The average Bonchev–Trinajstić information content (AvgIpc) is 3.20. The zero-order chi connectivity index (χ0) is 20.9. The highest BCUT2D eigenvalue weighted by molar-refractivity contribution is 7.13. The Labute approximate surface area is 180 Å². The van der Waals surface area contributed by atoms with Crippen molar-refractivity contribution in [1.82, 2.24) is 15.2 Å². The van der Waals surface area contributed by atoms with E-state index in [1.165, 1.54) is 24.2 Å². The van der Waals surface area contributed by atoms with Crippen LogP contribution in [0.1, 0.15) is 35.8 Å². The highest BCUT2D eigenvalue weighted by Gasteiger charge is 2.17. The lowest BCUT2D eigenvalue weighted by molar-refractivity contribution is -0.115. The molecule has 2 aromatic carbocycles. The molecule has 1 aromatic heterocycles. The van der Waals surface area contributed by atoms with Crippen molar-refractivity contribution in [2.24, 2.45) is 5.92 Å². The summed E-state index contributed by atoms with van der Waals surface area (Å²) in [6.45, 7) is 5.22. The number of hydrogen-bond donors (Lipinski definition) is 2. The van der Waals surface area contributed by atoms with Crippen molar-refractivity contribution in [2.45, 2.75) is 26.3 Å². The first kappa shape index (κ1) is 20.5. The number of benzene rings is 2. The number of nitrogens with one attached hydrogen (secondary N) is 2. The number of carbonyl (C=O) groups excluding carboxylic acids is 2. The maximum absolute atomic E-state index is 12.4. The summed E-state index contributed by atoms with van der Waals surface area (Å²) in [5, 5.41) is 10.1. The maximum atomic E-state index is 12.4. The molecule has 0 radical (unpaired) electrons. The Hall–Kier alpha value is -2.77. The Morgan fingerprint density at radius 3 is 2.70 bits per heavy atom. The Morgan fingerprint density at radius 2 is 1.90 bits per heavy atom. The summed E-state index contributed by atoms with van der Waals surface area (Å²) in [7, 11) is 0. The van der Waals surface area contributed by atoms with Gasteiger partial charge in [0.05, 0.1) is 12.2 Å². The Balaban J connectivity index is 1.26. The molecule has 1 aliphatic heterocycles. The van der Waals surface area contributed by atoms with Crippen LogP contribution in [-0.2, 0) is 11.3 Å². The standard InChI is InChI=1S/C23H26N4O2S/c1-16-8-10-27(11-9-16)14-20-15-30-23(25-20)26-21(28)13-24-22(29)19-7-6-17-4-2-3-5-18(17)12-19/h2-7,12,15-16H,8-11,13-14H2,1H3,(H,24,29)(H,25,26,28). The second-order valence-corrected chi connectivity index (χ2v) is 8.75. The number of aromatic nitrogens is 1. The van der Waals surface area contributed by atoms with Gasteiger partial charge in [0.2, 0.25) is 5.91 Å². The van der Waals surface area contributed by atoms with E-state index in [0.717, 1.165) is 42.0 Å². The van der Waals surface area contributed by atoms with Gasteiger partial charge in [0.25, 0.3) is 5.91 Å². The van der Waals surface area contributed by atoms with E-state index >= 15 is 0 Å². The van der Waals surface area contributed by atoms with Gasteiger partial charge < -0.3 is 10.6 Å². The van der Waals surface area contributed by atoms with Crippen molar-refractivity contribution in [3.05, 3.63) is 59.1 Å². The van der Waals surface area contributed by atoms with Crippen LogP contribution in [0.15, 0.2) is 47.8 Å². The molecule has 0 saturated carbocycles. The van der Waals surface area contributed by atoms with Crippen molar-refractivity contribution in [2.75, 3.05) is 25.0 Å². The van der Waals surface area contributed by atoms with Gasteiger partial charge >= 0.3 is 0 Å². The fourth-order valence-corrected chi connectivity index (χ4v) is 4.36. The number of nitrogens with zero attached hydrogens (tertiary/aromatic N) is 2. The second-order valence-electron chi connectivity index (χ2n) is 7.90. The lowest BCUT2D eigenvalue weighted by atomic mass is 9.99. The molecule has 0 spiro atoms. The fourth-order valence-electron chi connectivity index (χ4n) is 3.64. The lowest BCUT2D eigenvalue weighted by Gasteiger charge is -2.29. The van der Waals surface area contributed by atoms with Gasteiger partial charge in [0.1, 0.15) is 0 Å². The predicted octanol–water partition coefficient (Wildman–Crippen LogP) is 3.90. The minimum atomic E-state index is -0.281. The van der Waals surface area contributed by atoms with Crippen LogP contribution in [0.25, 0.3) is 10.8 Å². The van der Waals surface area contributed by atoms with Crippen LogP contribution in [0.5, 0.6) is 0 Å². The minimum Gasteiger partial charge on any atom is -0.343 e. The van der Waals surface area contributed by atoms with Gasteiger partial charge in [-0.05, 0) is 54.8 Å². The number of likely N-dealkylation sites (tertiary alicyclic amines) is 1. The number of thiazole rings is 1. The van der Waals surface area contributed by atoms with Crippen molar-refractivity contribution >= 4 is 39.1 Å². The van der Waals surface area contributed by atoms with Crippen LogP contribution >= 0.6 is 11.3 Å². The van der Waals surface area contributed by atoms with E-state index in [1.54, 1.807) is 6.07 Å². The smallest absolute Gasteiger partial charge is 0.251 e. The normalized spacial score (nSPS) is 15.2. The zero-order valence-electron chi connectivity index (χ0n) is 17.1. The molecule has 0 atom stereocenters. The number of rotatable bonds is 6. The number of amides is 2. The first-order valence-corrected chi connectivity index (χ1v) is 11.2. The van der Waals surface area contributed by atoms with E-state index < -0.39 is 0 Å². The van der Waals surface area contributed by atoms with E-state index in [0.29, 0.717) is 10.7 Å². The fraction of sp³-hybridized carbons (Fsp3) is 0.348. The average molecular weight is 423 g/mol. The SMILES string of the molecule is CC1CCN(Cc2csc(NC(=O)CNC(=O)c3ccc4ccccc4c3)n2)CC1. The molecule has 2 heterocycles. The van der Waals surface area contributed by atoms with Gasteiger partial charge in [-0.25, -0.2) is 4.98 Å². The molecule has 4 rings (SSSR count). The molecule has 2 amide bonds. The Kier molecular flexibility index (Phi) is 6.40. The Bertz CT molecular complexity index is 1040. The van der Waals surface area contributed by atoms with Crippen LogP contribution < -0.4 is 10.6 Å². The first-order valence-electron chi connectivity index (χ1n) is 10.3. The van der Waals surface area contributed by atoms with Gasteiger partial charge in [-0.3, -0.25) is 14.5 Å². The molecule has 1 fully saturated rings. The highest BCUT2D eigenvalue weighted by atomic mass is 32.1. The summed E-state index contributed by atoms with van der Waals surface area (Å²) >= 11 is 1.42. The van der Waals surface area contributed by atoms with Crippen LogP contribution in [0.2, 0.25) is 0 Å². The highest BCUT2D eigenvalue weighted by Crippen LogP contribution is 2.21. The molecule has 2 N–H and O–H groups in total. The van der Waals surface area contributed by atoms with Crippen LogP contribution in [0, 0.1) is 5.92 Å². The lowest BCUT2D eigenvalue weighted by Crippen LogP contribution is -2.33. The van der Waals surface area contributed by atoms with E-state index in [-0.39, 0.29) is 18.4 Å². The molecular weight excluding hydrogens is 396 g/mol. The molecule has 1 aliphatic rings. The summed E-state index contributed by atoms with van der Waals surface area (Å²) in [5.74, 6) is 0.253. The minimum absolute atomic E-state index is 0.0927. The molecule has 0 unspecified atom stereocenters. The summed E-state index contributed by atoms with van der Waals surface area (Å²) in [6.07, 6.45) is 2.45. The number of piperidine rings is 1. The number of carbonyl (C=O) groups is 2. The molecule has 0 aliphatic carbocycles. The molecule has 156 valence electrons.